The Morgan fingerprint density at radius 3 is 3.17 bits per heavy atom. The van der Waals surface area contributed by atoms with Crippen molar-refractivity contribution in [3.8, 4) is 0 Å². The first-order chi connectivity index (χ1) is 5.92. The normalized spacial score (nSPS) is 33.8. The second-order valence-electron chi connectivity index (χ2n) is 3.75. The molecule has 0 N–H and O–H groups in total. The van der Waals surface area contributed by atoms with Crippen LogP contribution in [-0.2, 0) is 0 Å². The molecule has 0 aromatic carbocycles. The largest absolute Gasteiger partial charge is 0.103 e. The standard InChI is InChI=1S/C12H16/c1-2-10-7-5-8-11-6-3-4-9-12(10)11/h2,4,8-10,12H,1,3,5-7H2. The predicted octanol–water partition coefficient (Wildman–Crippen LogP) is 3.48. The van der Waals surface area contributed by atoms with Gasteiger partial charge in [-0.25, -0.2) is 0 Å². The maximum absolute atomic E-state index is 3.91. The van der Waals surface area contributed by atoms with Crippen LogP contribution in [0.1, 0.15) is 25.7 Å². The van der Waals surface area contributed by atoms with Crippen molar-refractivity contribution < 1.29 is 0 Å². The van der Waals surface area contributed by atoms with Crippen LogP contribution in [-0.4, -0.2) is 0 Å². The van der Waals surface area contributed by atoms with Crippen molar-refractivity contribution in [3.05, 3.63) is 36.5 Å². The van der Waals surface area contributed by atoms with Crippen molar-refractivity contribution in [2.24, 2.45) is 11.8 Å². The fraction of sp³-hybridized carbons (Fsp3) is 0.500. The van der Waals surface area contributed by atoms with Crippen LogP contribution < -0.4 is 0 Å². The molecule has 0 bridgehead atoms. The van der Waals surface area contributed by atoms with Crippen molar-refractivity contribution in [3.63, 3.8) is 0 Å². The lowest BCUT2D eigenvalue weighted by Crippen LogP contribution is -2.18. The van der Waals surface area contributed by atoms with Crippen LogP contribution in [0.4, 0.5) is 0 Å². The summed E-state index contributed by atoms with van der Waals surface area (Å²) in [6, 6.07) is 0. The zero-order valence-electron chi connectivity index (χ0n) is 7.50. The van der Waals surface area contributed by atoms with Crippen LogP contribution in [0, 0.1) is 11.8 Å². The molecular weight excluding hydrogens is 144 g/mol. The van der Waals surface area contributed by atoms with E-state index in [0.29, 0.717) is 11.8 Å². The second kappa shape index (κ2) is 3.30. The van der Waals surface area contributed by atoms with Crippen molar-refractivity contribution >= 4 is 0 Å². The highest BCUT2D eigenvalue weighted by atomic mass is 14.3. The minimum Gasteiger partial charge on any atom is -0.103 e. The van der Waals surface area contributed by atoms with Crippen molar-refractivity contribution in [1.29, 1.82) is 0 Å². The number of hydrogen-bond donors (Lipinski definition) is 0. The van der Waals surface area contributed by atoms with Gasteiger partial charge in [-0.3, -0.25) is 0 Å². The third kappa shape index (κ3) is 1.26. The van der Waals surface area contributed by atoms with Gasteiger partial charge in [0.15, 0.2) is 0 Å². The molecular formula is C12H16. The molecule has 0 heterocycles. The summed E-state index contributed by atoms with van der Waals surface area (Å²) in [7, 11) is 0. The van der Waals surface area contributed by atoms with Gasteiger partial charge in [0.25, 0.3) is 0 Å². The maximum Gasteiger partial charge on any atom is 0.00397 e. The molecule has 0 aliphatic heterocycles. The van der Waals surface area contributed by atoms with E-state index in [0.717, 1.165) is 0 Å². The van der Waals surface area contributed by atoms with Gasteiger partial charge in [-0.15, -0.1) is 6.58 Å². The highest BCUT2D eigenvalue weighted by Crippen LogP contribution is 2.37. The number of rotatable bonds is 1. The molecule has 64 valence electrons. The summed E-state index contributed by atoms with van der Waals surface area (Å²) in [6.45, 7) is 3.91. The molecule has 0 amide bonds. The topological polar surface area (TPSA) is 0 Å². The lowest BCUT2D eigenvalue weighted by Gasteiger charge is -2.30. The molecule has 0 saturated heterocycles. The van der Waals surface area contributed by atoms with Crippen LogP contribution in [0.2, 0.25) is 0 Å². The fourth-order valence-electron chi connectivity index (χ4n) is 2.34. The first kappa shape index (κ1) is 7.85. The van der Waals surface area contributed by atoms with Gasteiger partial charge in [-0.2, -0.15) is 0 Å². The number of hydrogen-bond acceptors (Lipinski definition) is 0. The van der Waals surface area contributed by atoms with E-state index in [1.807, 2.05) is 0 Å². The molecule has 0 aromatic rings. The van der Waals surface area contributed by atoms with Gasteiger partial charge in [-0.1, -0.05) is 29.9 Å². The molecule has 2 aliphatic rings. The predicted molar refractivity (Wildman–Crippen MR) is 52.9 cm³/mol. The minimum atomic E-state index is 0.699. The molecule has 2 unspecified atom stereocenters. The van der Waals surface area contributed by atoms with Crippen LogP contribution in [0.25, 0.3) is 0 Å². The molecule has 0 spiro atoms. The van der Waals surface area contributed by atoms with E-state index in [2.05, 4.69) is 30.9 Å². The zero-order chi connectivity index (χ0) is 8.39. The molecule has 0 fully saturated rings. The smallest absolute Gasteiger partial charge is 0.00397 e. The van der Waals surface area contributed by atoms with Gasteiger partial charge in [0.1, 0.15) is 0 Å². The molecule has 0 heteroatoms. The zero-order valence-corrected chi connectivity index (χ0v) is 7.50. The summed E-state index contributed by atoms with van der Waals surface area (Å²) in [5.74, 6) is 1.41. The van der Waals surface area contributed by atoms with Crippen LogP contribution in [0.5, 0.6) is 0 Å². The van der Waals surface area contributed by atoms with Crippen LogP contribution >= 0.6 is 0 Å². The lowest BCUT2D eigenvalue weighted by molar-refractivity contribution is 0.453. The van der Waals surface area contributed by atoms with E-state index in [1.54, 1.807) is 5.57 Å². The highest BCUT2D eigenvalue weighted by molar-refractivity contribution is 5.23. The summed E-state index contributed by atoms with van der Waals surface area (Å²) in [5.41, 5.74) is 1.66. The molecule has 2 atom stereocenters. The minimum absolute atomic E-state index is 0.699. The van der Waals surface area contributed by atoms with E-state index >= 15 is 0 Å². The number of fused-ring (bicyclic) bond motifs is 1. The third-order valence-corrected chi connectivity index (χ3v) is 3.04. The summed E-state index contributed by atoms with van der Waals surface area (Å²) in [5, 5.41) is 0. The second-order valence-corrected chi connectivity index (χ2v) is 3.75. The molecule has 0 nitrogen and oxygen atoms in total. The fourth-order valence-corrected chi connectivity index (χ4v) is 2.34. The summed E-state index contributed by atoms with van der Waals surface area (Å²) in [6.07, 6.45) is 14.3. The summed E-state index contributed by atoms with van der Waals surface area (Å²) >= 11 is 0. The first-order valence-electron chi connectivity index (χ1n) is 4.90. The summed E-state index contributed by atoms with van der Waals surface area (Å²) in [4.78, 5) is 0. The quantitative estimate of drug-likeness (QED) is 0.515. The molecule has 0 radical (unpaired) electrons. The van der Waals surface area contributed by atoms with Gasteiger partial charge < -0.3 is 0 Å². The molecule has 0 aromatic heterocycles. The Bertz CT molecular complexity index is 232. The lowest BCUT2D eigenvalue weighted by atomic mass is 9.74. The Balaban J connectivity index is 2.24. The van der Waals surface area contributed by atoms with Gasteiger partial charge >= 0.3 is 0 Å². The Morgan fingerprint density at radius 2 is 2.33 bits per heavy atom. The Hall–Kier alpha value is -0.780. The van der Waals surface area contributed by atoms with Crippen LogP contribution in [0.3, 0.4) is 0 Å². The summed E-state index contributed by atoms with van der Waals surface area (Å²) < 4.78 is 0. The van der Waals surface area contributed by atoms with E-state index < -0.39 is 0 Å². The maximum atomic E-state index is 3.91. The van der Waals surface area contributed by atoms with Gasteiger partial charge in [-0.05, 0) is 31.6 Å². The molecule has 2 rings (SSSR count). The van der Waals surface area contributed by atoms with Crippen molar-refractivity contribution in [2.75, 3.05) is 0 Å². The number of allylic oxidation sites excluding steroid dienone is 5. The van der Waals surface area contributed by atoms with E-state index in [4.69, 9.17) is 0 Å². The molecule has 12 heavy (non-hydrogen) atoms. The van der Waals surface area contributed by atoms with E-state index in [9.17, 15) is 0 Å². The van der Waals surface area contributed by atoms with Gasteiger partial charge in [0.2, 0.25) is 0 Å². The van der Waals surface area contributed by atoms with Crippen LogP contribution in [0.15, 0.2) is 36.5 Å². The van der Waals surface area contributed by atoms with E-state index in [-0.39, 0.29) is 0 Å². The first-order valence-corrected chi connectivity index (χ1v) is 4.90. The molecule has 0 saturated carbocycles. The third-order valence-electron chi connectivity index (χ3n) is 3.04. The SMILES string of the molecule is C=CC1CCC=C2CCC=CC21. The Kier molecular flexibility index (Phi) is 2.16. The Morgan fingerprint density at radius 1 is 1.42 bits per heavy atom. The van der Waals surface area contributed by atoms with Gasteiger partial charge in [0.05, 0.1) is 0 Å². The van der Waals surface area contributed by atoms with E-state index in [1.165, 1.54) is 25.7 Å². The monoisotopic (exact) mass is 160 g/mol. The van der Waals surface area contributed by atoms with Gasteiger partial charge in [0, 0.05) is 5.92 Å². The van der Waals surface area contributed by atoms with Crippen molar-refractivity contribution in [1.82, 2.24) is 0 Å². The highest BCUT2D eigenvalue weighted by Gasteiger charge is 2.24. The van der Waals surface area contributed by atoms with Crippen molar-refractivity contribution in [2.45, 2.75) is 25.7 Å². The average molecular weight is 160 g/mol. The average Bonchev–Trinajstić information content (AvgIpc) is 2.17. The molecule has 2 aliphatic carbocycles. The Labute approximate surface area is 74.7 Å².